The molecule has 1 aliphatic rings. The van der Waals surface area contributed by atoms with Gasteiger partial charge in [-0.2, -0.15) is 0 Å². The normalized spacial score (nSPS) is 21.5. The fourth-order valence-electron chi connectivity index (χ4n) is 3.17. The van der Waals surface area contributed by atoms with Crippen LogP contribution >= 0.6 is 0 Å². The van der Waals surface area contributed by atoms with Gasteiger partial charge in [-0.15, -0.1) is 0 Å². The SMILES string of the molecule is COCCCN(CCOC)C1CCc2ccccc2C1O. The van der Waals surface area contributed by atoms with Gasteiger partial charge in [0.15, 0.2) is 0 Å². The molecule has 0 spiro atoms. The van der Waals surface area contributed by atoms with Gasteiger partial charge in [-0.25, -0.2) is 0 Å². The summed E-state index contributed by atoms with van der Waals surface area (Å²) in [5, 5.41) is 10.7. The Balaban J connectivity index is 2.05. The molecule has 2 rings (SSSR count). The molecule has 2 unspecified atom stereocenters. The van der Waals surface area contributed by atoms with Crippen molar-refractivity contribution < 1.29 is 14.6 Å². The van der Waals surface area contributed by atoms with Crippen LogP contribution in [0.1, 0.15) is 30.1 Å². The highest BCUT2D eigenvalue weighted by molar-refractivity contribution is 5.32. The smallest absolute Gasteiger partial charge is 0.0947 e. The molecule has 2 atom stereocenters. The zero-order valence-corrected chi connectivity index (χ0v) is 13.1. The average molecular weight is 293 g/mol. The summed E-state index contributed by atoms with van der Waals surface area (Å²) in [6.45, 7) is 3.23. The number of fused-ring (bicyclic) bond motifs is 1. The Morgan fingerprint density at radius 3 is 2.67 bits per heavy atom. The number of nitrogens with zero attached hydrogens (tertiary/aromatic N) is 1. The molecule has 4 nitrogen and oxygen atoms in total. The molecule has 1 N–H and O–H groups in total. The van der Waals surface area contributed by atoms with Gasteiger partial charge in [0, 0.05) is 40.0 Å². The van der Waals surface area contributed by atoms with Gasteiger partial charge in [0.25, 0.3) is 0 Å². The Hall–Kier alpha value is -0.940. The molecule has 21 heavy (non-hydrogen) atoms. The monoisotopic (exact) mass is 293 g/mol. The van der Waals surface area contributed by atoms with Crippen LogP contribution in [0.5, 0.6) is 0 Å². The Bertz CT molecular complexity index is 424. The molecular weight excluding hydrogens is 266 g/mol. The molecule has 0 bridgehead atoms. The van der Waals surface area contributed by atoms with Crippen LogP contribution in [0.15, 0.2) is 24.3 Å². The lowest BCUT2D eigenvalue weighted by Crippen LogP contribution is -2.44. The van der Waals surface area contributed by atoms with E-state index in [1.54, 1.807) is 14.2 Å². The quantitative estimate of drug-likeness (QED) is 0.745. The maximum Gasteiger partial charge on any atom is 0.0947 e. The third-order valence-electron chi connectivity index (χ3n) is 4.29. The molecular formula is C17H27NO3. The summed E-state index contributed by atoms with van der Waals surface area (Å²) in [5.41, 5.74) is 2.37. The molecule has 0 aromatic heterocycles. The topological polar surface area (TPSA) is 41.9 Å². The standard InChI is InChI=1S/C17H27NO3/c1-20-12-5-10-18(11-13-21-2)16-9-8-14-6-3-4-7-15(14)17(16)19/h3-4,6-7,16-17,19H,5,8-13H2,1-2H3. The second-order valence-electron chi connectivity index (χ2n) is 5.62. The minimum absolute atomic E-state index is 0.173. The van der Waals surface area contributed by atoms with Crippen molar-refractivity contribution in [1.29, 1.82) is 0 Å². The van der Waals surface area contributed by atoms with E-state index in [-0.39, 0.29) is 6.04 Å². The van der Waals surface area contributed by atoms with E-state index in [2.05, 4.69) is 17.0 Å². The first-order valence-electron chi connectivity index (χ1n) is 7.75. The van der Waals surface area contributed by atoms with Gasteiger partial charge in [0.2, 0.25) is 0 Å². The molecule has 1 aliphatic carbocycles. The first-order chi connectivity index (χ1) is 10.3. The van der Waals surface area contributed by atoms with Crippen LogP contribution in [0.4, 0.5) is 0 Å². The maximum atomic E-state index is 10.7. The van der Waals surface area contributed by atoms with Crippen LogP contribution < -0.4 is 0 Å². The van der Waals surface area contributed by atoms with Gasteiger partial charge < -0.3 is 14.6 Å². The molecule has 0 aliphatic heterocycles. The number of methoxy groups -OCH3 is 2. The third kappa shape index (κ3) is 4.27. The highest BCUT2D eigenvalue weighted by Crippen LogP contribution is 2.32. The number of benzene rings is 1. The molecule has 0 amide bonds. The Kier molecular flexibility index (Phi) is 6.64. The summed E-state index contributed by atoms with van der Waals surface area (Å²) < 4.78 is 10.4. The van der Waals surface area contributed by atoms with Crippen molar-refractivity contribution in [2.75, 3.05) is 40.5 Å². The van der Waals surface area contributed by atoms with Gasteiger partial charge in [-0.05, 0) is 30.4 Å². The van der Waals surface area contributed by atoms with Crippen molar-refractivity contribution in [3.05, 3.63) is 35.4 Å². The molecule has 0 fully saturated rings. The van der Waals surface area contributed by atoms with Crippen LogP contribution in [0.25, 0.3) is 0 Å². The van der Waals surface area contributed by atoms with Crippen LogP contribution in [-0.4, -0.2) is 56.6 Å². The third-order valence-corrected chi connectivity index (χ3v) is 4.29. The lowest BCUT2D eigenvalue weighted by Gasteiger charge is -2.38. The number of hydrogen-bond donors (Lipinski definition) is 1. The number of hydrogen-bond acceptors (Lipinski definition) is 4. The van der Waals surface area contributed by atoms with E-state index in [1.165, 1.54) is 5.56 Å². The zero-order valence-electron chi connectivity index (χ0n) is 13.1. The molecule has 0 saturated heterocycles. The van der Waals surface area contributed by atoms with Crippen molar-refractivity contribution in [1.82, 2.24) is 4.90 Å². The Morgan fingerprint density at radius 1 is 1.14 bits per heavy atom. The molecule has 0 radical (unpaired) electrons. The van der Waals surface area contributed by atoms with Crippen molar-refractivity contribution in [2.45, 2.75) is 31.4 Å². The Labute approximate surface area is 127 Å². The first-order valence-corrected chi connectivity index (χ1v) is 7.75. The lowest BCUT2D eigenvalue weighted by atomic mass is 9.85. The molecule has 1 aromatic rings. The van der Waals surface area contributed by atoms with E-state index in [1.807, 2.05) is 12.1 Å². The minimum atomic E-state index is -0.408. The van der Waals surface area contributed by atoms with Crippen LogP contribution in [-0.2, 0) is 15.9 Å². The predicted molar refractivity (Wildman–Crippen MR) is 83.5 cm³/mol. The van der Waals surface area contributed by atoms with Crippen molar-refractivity contribution in [3.63, 3.8) is 0 Å². The van der Waals surface area contributed by atoms with E-state index >= 15 is 0 Å². The maximum absolute atomic E-state index is 10.7. The number of aliphatic hydroxyl groups excluding tert-OH is 1. The minimum Gasteiger partial charge on any atom is -0.387 e. The van der Waals surface area contributed by atoms with E-state index < -0.39 is 6.10 Å². The van der Waals surface area contributed by atoms with E-state index in [0.29, 0.717) is 6.61 Å². The number of aryl methyl sites for hydroxylation is 1. The predicted octanol–water partition coefficient (Wildman–Crippen LogP) is 2.02. The van der Waals surface area contributed by atoms with E-state index in [9.17, 15) is 5.11 Å². The summed E-state index contributed by atoms with van der Waals surface area (Å²) in [7, 11) is 3.45. The second-order valence-corrected chi connectivity index (χ2v) is 5.62. The lowest BCUT2D eigenvalue weighted by molar-refractivity contribution is 0.0185. The van der Waals surface area contributed by atoms with Gasteiger partial charge >= 0.3 is 0 Å². The molecule has 0 heterocycles. The molecule has 4 heteroatoms. The molecule has 118 valence electrons. The van der Waals surface area contributed by atoms with Crippen molar-refractivity contribution in [3.8, 4) is 0 Å². The highest BCUT2D eigenvalue weighted by Gasteiger charge is 2.31. The number of rotatable bonds is 8. The highest BCUT2D eigenvalue weighted by atomic mass is 16.5. The van der Waals surface area contributed by atoms with Gasteiger partial charge in [-0.1, -0.05) is 24.3 Å². The summed E-state index contributed by atoms with van der Waals surface area (Å²) in [6, 6.07) is 8.41. The number of aliphatic hydroxyl groups is 1. The van der Waals surface area contributed by atoms with Crippen molar-refractivity contribution in [2.24, 2.45) is 0 Å². The first kappa shape index (κ1) is 16.4. The fraction of sp³-hybridized carbons (Fsp3) is 0.647. The van der Waals surface area contributed by atoms with E-state index in [0.717, 1.165) is 44.5 Å². The fourth-order valence-corrected chi connectivity index (χ4v) is 3.17. The van der Waals surface area contributed by atoms with E-state index in [4.69, 9.17) is 9.47 Å². The van der Waals surface area contributed by atoms with Crippen LogP contribution in [0.2, 0.25) is 0 Å². The molecule has 0 saturated carbocycles. The second kappa shape index (κ2) is 8.49. The van der Waals surface area contributed by atoms with Crippen LogP contribution in [0, 0.1) is 0 Å². The summed E-state index contributed by atoms with van der Waals surface area (Å²) in [4.78, 5) is 2.35. The van der Waals surface area contributed by atoms with Gasteiger partial charge in [-0.3, -0.25) is 4.90 Å². The molecule has 1 aromatic carbocycles. The Morgan fingerprint density at radius 2 is 1.90 bits per heavy atom. The van der Waals surface area contributed by atoms with Gasteiger partial charge in [0.05, 0.1) is 12.7 Å². The van der Waals surface area contributed by atoms with Gasteiger partial charge in [0.1, 0.15) is 0 Å². The van der Waals surface area contributed by atoms with Crippen molar-refractivity contribution >= 4 is 0 Å². The average Bonchev–Trinajstić information content (AvgIpc) is 2.52. The summed E-state index contributed by atoms with van der Waals surface area (Å²) >= 11 is 0. The summed E-state index contributed by atoms with van der Waals surface area (Å²) in [6.07, 6.45) is 2.60. The largest absolute Gasteiger partial charge is 0.387 e. The number of ether oxygens (including phenoxy) is 2. The summed E-state index contributed by atoms with van der Waals surface area (Å²) in [5.74, 6) is 0. The zero-order chi connectivity index (χ0) is 15.1. The van der Waals surface area contributed by atoms with Crippen LogP contribution in [0.3, 0.4) is 0 Å².